The second kappa shape index (κ2) is 16.1. The fourth-order valence-electron chi connectivity index (χ4n) is 5.60. The summed E-state index contributed by atoms with van der Waals surface area (Å²) in [6, 6.07) is 8.80. The lowest BCUT2D eigenvalue weighted by atomic mass is 9.82. The SMILES string of the molecule is CCCCCCCCCOc1c2c(c(OCCCCCCCCC)c3ccccc13)CC(C)CC2. The Balaban J connectivity index is 1.65. The molecule has 0 aliphatic heterocycles. The molecule has 0 saturated carbocycles. The monoisotopic (exact) mass is 480 g/mol. The highest BCUT2D eigenvalue weighted by Crippen LogP contribution is 2.45. The van der Waals surface area contributed by atoms with E-state index >= 15 is 0 Å². The maximum Gasteiger partial charge on any atom is 0.130 e. The van der Waals surface area contributed by atoms with Crippen molar-refractivity contribution in [2.75, 3.05) is 13.2 Å². The number of ether oxygens (including phenoxy) is 2. The molecule has 1 unspecified atom stereocenters. The smallest absolute Gasteiger partial charge is 0.130 e. The summed E-state index contributed by atoms with van der Waals surface area (Å²) in [7, 11) is 0. The summed E-state index contributed by atoms with van der Waals surface area (Å²) in [5.41, 5.74) is 2.86. The molecule has 0 bridgehead atoms. The molecule has 0 radical (unpaired) electrons. The van der Waals surface area contributed by atoms with Gasteiger partial charge < -0.3 is 9.47 Å². The van der Waals surface area contributed by atoms with Crippen LogP contribution in [-0.4, -0.2) is 13.2 Å². The van der Waals surface area contributed by atoms with Crippen LogP contribution in [0.25, 0.3) is 10.8 Å². The molecule has 2 nitrogen and oxygen atoms in total. The van der Waals surface area contributed by atoms with Crippen LogP contribution >= 0.6 is 0 Å². The maximum absolute atomic E-state index is 6.58. The molecule has 0 saturated heterocycles. The molecule has 35 heavy (non-hydrogen) atoms. The van der Waals surface area contributed by atoms with Crippen molar-refractivity contribution in [3.05, 3.63) is 35.4 Å². The quantitative estimate of drug-likeness (QED) is 0.198. The highest BCUT2D eigenvalue weighted by molar-refractivity contribution is 5.96. The van der Waals surface area contributed by atoms with Crippen molar-refractivity contribution in [1.82, 2.24) is 0 Å². The van der Waals surface area contributed by atoms with Gasteiger partial charge >= 0.3 is 0 Å². The van der Waals surface area contributed by atoms with Crippen molar-refractivity contribution in [2.24, 2.45) is 5.92 Å². The van der Waals surface area contributed by atoms with Crippen LogP contribution in [0.1, 0.15) is 128 Å². The van der Waals surface area contributed by atoms with E-state index in [1.54, 1.807) is 0 Å². The minimum absolute atomic E-state index is 0.709. The van der Waals surface area contributed by atoms with Crippen molar-refractivity contribution >= 4 is 10.8 Å². The predicted molar refractivity (Wildman–Crippen MR) is 152 cm³/mol. The Morgan fingerprint density at radius 1 is 0.629 bits per heavy atom. The zero-order valence-electron chi connectivity index (χ0n) is 23.1. The molecule has 2 heteroatoms. The van der Waals surface area contributed by atoms with Gasteiger partial charge in [-0.3, -0.25) is 0 Å². The zero-order chi connectivity index (χ0) is 24.7. The van der Waals surface area contributed by atoms with Gasteiger partial charge in [-0.1, -0.05) is 122 Å². The Labute approximate surface area is 216 Å². The topological polar surface area (TPSA) is 18.5 Å². The molecule has 1 aliphatic rings. The molecular weight excluding hydrogens is 428 g/mol. The second-order valence-corrected chi connectivity index (χ2v) is 10.9. The number of hydrogen-bond acceptors (Lipinski definition) is 2. The number of hydrogen-bond donors (Lipinski definition) is 0. The lowest BCUT2D eigenvalue weighted by Crippen LogP contribution is -2.16. The van der Waals surface area contributed by atoms with Gasteiger partial charge in [0.1, 0.15) is 11.5 Å². The number of benzene rings is 2. The van der Waals surface area contributed by atoms with E-state index in [1.807, 2.05) is 0 Å². The van der Waals surface area contributed by atoms with Gasteiger partial charge in [-0.05, 0) is 38.0 Å². The minimum atomic E-state index is 0.709. The van der Waals surface area contributed by atoms with E-state index in [2.05, 4.69) is 45.0 Å². The lowest BCUT2D eigenvalue weighted by molar-refractivity contribution is 0.291. The first-order chi connectivity index (χ1) is 17.3. The summed E-state index contributed by atoms with van der Waals surface area (Å²) >= 11 is 0. The molecule has 0 fully saturated rings. The van der Waals surface area contributed by atoms with Crippen LogP contribution in [-0.2, 0) is 12.8 Å². The Kier molecular flexibility index (Phi) is 12.8. The summed E-state index contributed by atoms with van der Waals surface area (Å²) in [4.78, 5) is 0. The minimum Gasteiger partial charge on any atom is -0.493 e. The molecule has 0 N–H and O–H groups in total. The highest BCUT2D eigenvalue weighted by atomic mass is 16.5. The molecule has 3 rings (SSSR count). The molecule has 2 aromatic carbocycles. The van der Waals surface area contributed by atoms with Crippen LogP contribution in [0.2, 0.25) is 0 Å². The summed E-state index contributed by atoms with van der Waals surface area (Å²) in [5, 5.41) is 2.50. The third-order valence-corrected chi connectivity index (χ3v) is 7.76. The average Bonchev–Trinajstić information content (AvgIpc) is 2.87. The van der Waals surface area contributed by atoms with Gasteiger partial charge in [-0.15, -0.1) is 0 Å². The first-order valence-corrected chi connectivity index (χ1v) is 15.1. The van der Waals surface area contributed by atoms with Crippen LogP contribution < -0.4 is 9.47 Å². The summed E-state index contributed by atoms with van der Waals surface area (Å²) in [6.45, 7) is 8.61. The lowest BCUT2D eigenvalue weighted by Gasteiger charge is -2.28. The van der Waals surface area contributed by atoms with E-state index in [9.17, 15) is 0 Å². The molecular formula is C33H52O2. The van der Waals surface area contributed by atoms with Crippen LogP contribution in [0.4, 0.5) is 0 Å². The largest absolute Gasteiger partial charge is 0.493 e. The van der Waals surface area contributed by atoms with E-state index in [-0.39, 0.29) is 0 Å². The molecule has 0 amide bonds. The van der Waals surface area contributed by atoms with E-state index in [4.69, 9.17) is 9.47 Å². The van der Waals surface area contributed by atoms with E-state index < -0.39 is 0 Å². The van der Waals surface area contributed by atoms with Gasteiger partial charge in [-0.2, -0.15) is 0 Å². The molecule has 0 aromatic heterocycles. The summed E-state index contributed by atoms with van der Waals surface area (Å²) in [6.07, 6.45) is 21.9. The summed E-state index contributed by atoms with van der Waals surface area (Å²) in [5.74, 6) is 3.01. The molecule has 0 spiro atoms. The Morgan fingerprint density at radius 3 is 1.60 bits per heavy atom. The van der Waals surface area contributed by atoms with Crippen LogP contribution in [0.3, 0.4) is 0 Å². The predicted octanol–water partition coefficient (Wildman–Crippen LogP) is 10.2. The molecule has 0 heterocycles. The van der Waals surface area contributed by atoms with Crippen LogP contribution in [0, 0.1) is 5.92 Å². The number of unbranched alkanes of at least 4 members (excludes halogenated alkanes) is 12. The Morgan fingerprint density at radius 2 is 1.09 bits per heavy atom. The van der Waals surface area contributed by atoms with Gasteiger partial charge in [0.25, 0.3) is 0 Å². The highest BCUT2D eigenvalue weighted by Gasteiger charge is 2.26. The molecule has 1 atom stereocenters. The maximum atomic E-state index is 6.58. The number of rotatable bonds is 18. The normalized spacial score (nSPS) is 15.3. The second-order valence-electron chi connectivity index (χ2n) is 10.9. The van der Waals surface area contributed by atoms with Crippen LogP contribution in [0.5, 0.6) is 11.5 Å². The van der Waals surface area contributed by atoms with Crippen molar-refractivity contribution in [1.29, 1.82) is 0 Å². The molecule has 2 aromatic rings. The van der Waals surface area contributed by atoms with Crippen molar-refractivity contribution < 1.29 is 9.47 Å². The Bertz CT molecular complexity index is 856. The van der Waals surface area contributed by atoms with E-state index in [0.29, 0.717) is 5.92 Å². The van der Waals surface area contributed by atoms with E-state index in [1.165, 1.54) is 105 Å². The van der Waals surface area contributed by atoms with Crippen molar-refractivity contribution in [2.45, 2.75) is 130 Å². The van der Waals surface area contributed by atoms with E-state index in [0.717, 1.165) is 50.4 Å². The number of fused-ring (bicyclic) bond motifs is 2. The first-order valence-electron chi connectivity index (χ1n) is 15.1. The third kappa shape index (κ3) is 8.72. The zero-order valence-corrected chi connectivity index (χ0v) is 23.1. The van der Waals surface area contributed by atoms with Crippen molar-refractivity contribution in [3.8, 4) is 11.5 Å². The van der Waals surface area contributed by atoms with Gasteiger partial charge in [0.15, 0.2) is 0 Å². The fourth-order valence-corrected chi connectivity index (χ4v) is 5.60. The Hall–Kier alpha value is -1.70. The third-order valence-electron chi connectivity index (χ3n) is 7.76. The standard InChI is InChI=1S/C33H52O2/c1-4-6-8-10-12-14-18-24-34-32-28-20-16-17-21-29(28)33(31-26-27(3)22-23-30(31)32)35-25-19-15-13-11-9-7-5-2/h16-17,20-21,27H,4-15,18-19,22-26H2,1-3H3. The van der Waals surface area contributed by atoms with Gasteiger partial charge in [0, 0.05) is 21.9 Å². The molecule has 1 aliphatic carbocycles. The fraction of sp³-hybridized carbons (Fsp3) is 0.697. The van der Waals surface area contributed by atoms with Gasteiger partial charge in [0.05, 0.1) is 13.2 Å². The average molecular weight is 481 g/mol. The van der Waals surface area contributed by atoms with Gasteiger partial charge in [0.2, 0.25) is 0 Å². The summed E-state index contributed by atoms with van der Waals surface area (Å²) < 4.78 is 13.2. The van der Waals surface area contributed by atoms with Crippen molar-refractivity contribution in [3.63, 3.8) is 0 Å². The first kappa shape index (κ1) is 27.9. The van der Waals surface area contributed by atoms with Crippen LogP contribution in [0.15, 0.2) is 24.3 Å². The van der Waals surface area contributed by atoms with Gasteiger partial charge in [-0.25, -0.2) is 0 Å². The molecule has 196 valence electrons.